The lowest BCUT2D eigenvalue weighted by Gasteiger charge is -2.35. The Bertz CT molecular complexity index is 1190. The molecule has 0 radical (unpaired) electrons. The Hall–Kier alpha value is -3.50. The van der Waals surface area contributed by atoms with E-state index >= 15 is 4.39 Å². The summed E-state index contributed by atoms with van der Waals surface area (Å²) < 4.78 is 17.0. The number of halogens is 1. The van der Waals surface area contributed by atoms with Gasteiger partial charge in [0.05, 0.1) is 10.3 Å². The van der Waals surface area contributed by atoms with Gasteiger partial charge >= 0.3 is 11.7 Å². The van der Waals surface area contributed by atoms with Crippen LogP contribution in [0.2, 0.25) is 0 Å². The molecule has 1 aromatic heterocycles. The van der Waals surface area contributed by atoms with Crippen LogP contribution in [0.15, 0.2) is 11.0 Å². The van der Waals surface area contributed by atoms with E-state index in [0.717, 1.165) is 6.20 Å². The molecular formula is C20H21FN4O6. The van der Waals surface area contributed by atoms with Crippen molar-refractivity contribution in [2.75, 3.05) is 31.1 Å². The number of nitro groups is 1. The summed E-state index contributed by atoms with van der Waals surface area (Å²) in [4.78, 5) is 50.6. The molecule has 2 fully saturated rings. The molecule has 2 aliphatic rings. The van der Waals surface area contributed by atoms with Crippen molar-refractivity contribution < 1.29 is 24.0 Å². The molecule has 2 heterocycles. The fourth-order valence-electron chi connectivity index (χ4n) is 4.23. The highest BCUT2D eigenvalue weighted by molar-refractivity contribution is 6.00. The predicted octanol–water partition coefficient (Wildman–Crippen LogP) is 2.06. The van der Waals surface area contributed by atoms with Gasteiger partial charge in [0.15, 0.2) is 11.5 Å². The largest absolute Gasteiger partial charge is 0.477 e. The van der Waals surface area contributed by atoms with Crippen molar-refractivity contribution in [3.05, 3.63) is 43.5 Å². The van der Waals surface area contributed by atoms with Gasteiger partial charge in [0, 0.05) is 50.9 Å². The third kappa shape index (κ3) is 3.29. The number of carbonyl (C=O) groups excluding carboxylic acids is 1. The van der Waals surface area contributed by atoms with Gasteiger partial charge in [-0.2, -0.15) is 0 Å². The number of aromatic carboxylic acids is 1. The van der Waals surface area contributed by atoms with Crippen LogP contribution in [-0.4, -0.2) is 57.6 Å². The normalized spacial score (nSPS) is 16.6. The van der Waals surface area contributed by atoms with E-state index in [0.29, 0.717) is 12.8 Å². The molecule has 1 saturated carbocycles. The lowest BCUT2D eigenvalue weighted by atomic mass is 10.0. The first-order valence-electron chi connectivity index (χ1n) is 9.92. The summed E-state index contributed by atoms with van der Waals surface area (Å²) in [6.07, 6.45) is 2.49. The van der Waals surface area contributed by atoms with Crippen molar-refractivity contribution in [2.45, 2.75) is 32.7 Å². The number of amides is 1. The Balaban J connectivity index is 2.03. The molecule has 1 saturated heterocycles. The third-order valence-corrected chi connectivity index (χ3v) is 5.99. The van der Waals surface area contributed by atoms with Crippen LogP contribution in [0.4, 0.5) is 15.8 Å². The fourth-order valence-corrected chi connectivity index (χ4v) is 4.23. The molecule has 10 nitrogen and oxygen atoms in total. The van der Waals surface area contributed by atoms with Crippen molar-refractivity contribution in [1.82, 2.24) is 9.47 Å². The number of pyridine rings is 1. The van der Waals surface area contributed by atoms with Crippen LogP contribution >= 0.6 is 0 Å². The quantitative estimate of drug-likeness (QED) is 0.579. The predicted molar refractivity (Wildman–Crippen MR) is 109 cm³/mol. The molecule has 1 amide bonds. The minimum atomic E-state index is -1.46. The molecule has 164 valence electrons. The minimum absolute atomic E-state index is 0.0506. The number of piperazine rings is 1. The van der Waals surface area contributed by atoms with Crippen LogP contribution in [-0.2, 0) is 4.79 Å². The Morgan fingerprint density at radius 3 is 2.32 bits per heavy atom. The summed E-state index contributed by atoms with van der Waals surface area (Å²) in [6, 6.07) is -0.188. The molecular weight excluding hydrogens is 411 g/mol. The maximum absolute atomic E-state index is 15.5. The topological polar surface area (TPSA) is 126 Å². The monoisotopic (exact) mass is 432 g/mol. The first-order chi connectivity index (χ1) is 14.6. The summed E-state index contributed by atoms with van der Waals surface area (Å²) in [5.41, 5.74) is -2.42. The average molecular weight is 432 g/mol. The molecule has 1 N–H and O–H groups in total. The highest BCUT2D eigenvalue weighted by Crippen LogP contribution is 2.44. The summed E-state index contributed by atoms with van der Waals surface area (Å²) in [5.74, 6) is -2.52. The van der Waals surface area contributed by atoms with E-state index in [4.69, 9.17) is 0 Å². The number of carboxylic acids is 1. The van der Waals surface area contributed by atoms with E-state index in [-0.39, 0.29) is 60.3 Å². The molecule has 0 unspecified atom stereocenters. The van der Waals surface area contributed by atoms with E-state index in [1.165, 1.54) is 23.3 Å². The zero-order valence-electron chi connectivity index (χ0n) is 17.1. The van der Waals surface area contributed by atoms with Crippen molar-refractivity contribution in [2.24, 2.45) is 0 Å². The van der Waals surface area contributed by atoms with Gasteiger partial charge in [-0.25, -0.2) is 9.18 Å². The van der Waals surface area contributed by atoms with Gasteiger partial charge in [-0.3, -0.25) is 19.7 Å². The number of hydrogen-bond acceptors (Lipinski definition) is 6. The molecule has 0 bridgehead atoms. The molecule has 1 aromatic carbocycles. The van der Waals surface area contributed by atoms with Crippen LogP contribution in [0.3, 0.4) is 0 Å². The zero-order chi connectivity index (χ0) is 22.6. The van der Waals surface area contributed by atoms with Crippen molar-refractivity contribution in [1.29, 1.82) is 0 Å². The zero-order valence-corrected chi connectivity index (χ0v) is 17.1. The van der Waals surface area contributed by atoms with Crippen molar-refractivity contribution in [3.8, 4) is 0 Å². The summed E-state index contributed by atoms with van der Waals surface area (Å²) in [6.45, 7) is 3.73. The lowest BCUT2D eigenvalue weighted by Crippen LogP contribution is -2.48. The number of benzene rings is 1. The van der Waals surface area contributed by atoms with Gasteiger partial charge in [0.2, 0.25) is 11.3 Å². The Kier molecular flexibility index (Phi) is 4.91. The number of rotatable bonds is 4. The number of aromatic nitrogens is 1. The van der Waals surface area contributed by atoms with Gasteiger partial charge in [-0.05, 0) is 19.8 Å². The number of carboxylic acid groups (broad SMARTS) is 1. The molecule has 0 atom stereocenters. The Labute approximate surface area is 175 Å². The van der Waals surface area contributed by atoms with Crippen LogP contribution in [0.5, 0.6) is 0 Å². The molecule has 2 aromatic rings. The average Bonchev–Trinajstić information content (AvgIpc) is 3.55. The summed E-state index contributed by atoms with van der Waals surface area (Å²) in [7, 11) is 0. The number of aryl methyl sites for hydroxylation is 1. The van der Waals surface area contributed by atoms with Crippen LogP contribution in [0, 0.1) is 22.9 Å². The summed E-state index contributed by atoms with van der Waals surface area (Å²) in [5, 5.41) is 21.3. The second-order valence-corrected chi connectivity index (χ2v) is 7.93. The first kappa shape index (κ1) is 20.8. The Morgan fingerprint density at radius 1 is 1.23 bits per heavy atom. The molecule has 1 aliphatic carbocycles. The number of carbonyl (C=O) groups is 2. The van der Waals surface area contributed by atoms with E-state index < -0.39 is 33.4 Å². The molecule has 31 heavy (non-hydrogen) atoms. The molecule has 4 rings (SSSR count). The molecule has 11 heteroatoms. The fraction of sp³-hybridized carbons (Fsp3) is 0.450. The van der Waals surface area contributed by atoms with E-state index in [2.05, 4.69) is 0 Å². The minimum Gasteiger partial charge on any atom is -0.477 e. The van der Waals surface area contributed by atoms with Gasteiger partial charge in [0.1, 0.15) is 11.1 Å². The molecule has 1 aliphatic heterocycles. The second kappa shape index (κ2) is 7.33. The number of nitro benzene ring substituents is 1. The number of fused-ring (bicyclic) bond motifs is 1. The third-order valence-electron chi connectivity index (χ3n) is 5.99. The van der Waals surface area contributed by atoms with Crippen molar-refractivity contribution >= 4 is 34.2 Å². The number of hydrogen-bond donors (Lipinski definition) is 1. The van der Waals surface area contributed by atoms with E-state index in [1.807, 2.05) is 0 Å². The maximum Gasteiger partial charge on any atom is 0.341 e. The first-order valence-corrected chi connectivity index (χ1v) is 9.92. The molecule has 0 spiro atoms. The SMILES string of the molecule is CC(=O)N1CCN(c2c(F)c(C)c3c(=O)c(C(=O)O)cn(C4CC4)c3c2[N+](=O)[O-])CC1. The van der Waals surface area contributed by atoms with Gasteiger partial charge in [-0.1, -0.05) is 0 Å². The number of nitrogens with zero attached hydrogens (tertiary/aromatic N) is 4. The van der Waals surface area contributed by atoms with Crippen LogP contribution in [0.25, 0.3) is 10.9 Å². The number of anilines is 1. The summed E-state index contributed by atoms with van der Waals surface area (Å²) >= 11 is 0. The Morgan fingerprint density at radius 2 is 1.84 bits per heavy atom. The maximum atomic E-state index is 15.5. The van der Waals surface area contributed by atoms with E-state index in [1.54, 1.807) is 4.90 Å². The highest BCUT2D eigenvalue weighted by Gasteiger charge is 2.37. The van der Waals surface area contributed by atoms with Gasteiger partial charge in [-0.15, -0.1) is 0 Å². The lowest BCUT2D eigenvalue weighted by molar-refractivity contribution is -0.382. The van der Waals surface area contributed by atoms with Crippen molar-refractivity contribution in [3.63, 3.8) is 0 Å². The standard InChI is InChI=1S/C20H21FN4O6/c1-10-14-16(24(12-3-4-12)9-13(19(14)27)20(28)29)18(25(30)31)17(15(10)21)23-7-5-22(6-8-23)11(2)26/h9,12H,3-8H2,1-2H3,(H,28,29). The van der Waals surface area contributed by atoms with E-state index in [9.17, 15) is 29.6 Å². The highest BCUT2D eigenvalue weighted by atomic mass is 19.1. The van der Waals surface area contributed by atoms with Crippen LogP contribution in [0.1, 0.15) is 41.7 Å². The van der Waals surface area contributed by atoms with Gasteiger partial charge in [0.25, 0.3) is 0 Å². The van der Waals surface area contributed by atoms with Gasteiger partial charge < -0.3 is 19.5 Å². The van der Waals surface area contributed by atoms with Crippen LogP contribution < -0.4 is 10.3 Å². The smallest absolute Gasteiger partial charge is 0.341 e. The second-order valence-electron chi connectivity index (χ2n) is 7.93.